The summed E-state index contributed by atoms with van der Waals surface area (Å²) >= 11 is 0. The van der Waals surface area contributed by atoms with Crippen LogP contribution in [0, 0.1) is 0 Å². The first-order valence-electron chi connectivity index (χ1n) is 14.3. The van der Waals surface area contributed by atoms with Crippen molar-refractivity contribution in [2.75, 3.05) is 20.3 Å². The number of ether oxygens (including phenoxy) is 3. The number of rotatable bonds is 11. The number of fused-ring (bicyclic) bond motifs is 1. The molecule has 1 aliphatic heterocycles. The third-order valence-corrected chi connectivity index (χ3v) is 7.28. The fourth-order valence-electron chi connectivity index (χ4n) is 5.18. The maximum atomic E-state index is 14.6. The summed E-state index contributed by atoms with van der Waals surface area (Å²) in [6, 6.07) is 21.5. The second kappa shape index (κ2) is 13.3. The molecule has 0 aliphatic carbocycles. The summed E-state index contributed by atoms with van der Waals surface area (Å²) in [5.74, 6) is 1.10. The predicted octanol–water partition coefficient (Wildman–Crippen LogP) is 7.13. The number of halogens is 3. The minimum atomic E-state index is -4.64. The van der Waals surface area contributed by atoms with Crippen molar-refractivity contribution >= 4 is 5.97 Å². The van der Waals surface area contributed by atoms with Crippen LogP contribution in [-0.2, 0) is 37.1 Å². The number of nitrogens with zero attached hydrogens (tertiary/aromatic N) is 3. The van der Waals surface area contributed by atoms with E-state index in [2.05, 4.69) is 4.98 Å². The molecule has 0 amide bonds. The van der Waals surface area contributed by atoms with Crippen molar-refractivity contribution in [3.8, 4) is 22.9 Å². The predicted molar refractivity (Wildman–Crippen MR) is 156 cm³/mol. The largest absolute Gasteiger partial charge is 0.486 e. The van der Waals surface area contributed by atoms with Crippen molar-refractivity contribution in [1.29, 1.82) is 0 Å². The van der Waals surface area contributed by atoms with Crippen LogP contribution in [-0.4, -0.2) is 40.7 Å². The Morgan fingerprint density at radius 3 is 2.28 bits per heavy atom. The SMILES string of the molecule is CCCCn1c(-c2ccccc2)nc(C(F)(F)F)c1CN(Cc1ccc(C(=O)OC)cc1)Cc1ccc2c(c1)OCCO2. The molecule has 1 aliphatic rings. The van der Waals surface area contributed by atoms with Crippen LogP contribution in [0.5, 0.6) is 11.5 Å². The molecule has 0 fully saturated rings. The molecule has 5 rings (SSSR count). The lowest BCUT2D eigenvalue weighted by Crippen LogP contribution is -2.26. The highest BCUT2D eigenvalue weighted by atomic mass is 19.4. The highest BCUT2D eigenvalue weighted by Crippen LogP contribution is 2.36. The molecule has 7 nitrogen and oxygen atoms in total. The number of hydrogen-bond acceptors (Lipinski definition) is 6. The Morgan fingerprint density at radius 2 is 1.60 bits per heavy atom. The second-order valence-corrected chi connectivity index (χ2v) is 10.4. The van der Waals surface area contributed by atoms with Gasteiger partial charge in [-0.3, -0.25) is 4.90 Å². The molecule has 4 aromatic rings. The van der Waals surface area contributed by atoms with Crippen LogP contribution in [0.25, 0.3) is 11.4 Å². The molecule has 0 unspecified atom stereocenters. The summed E-state index contributed by atoms with van der Waals surface area (Å²) in [5, 5.41) is 0. The Bertz CT molecular complexity index is 1540. The molecule has 0 spiro atoms. The minimum Gasteiger partial charge on any atom is -0.486 e. The van der Waals surface area contributed by atoms with E-state index in [1.807, 2.05) is 36.1 Å². The lowest BCUT2D eigenvalue weighted by molar-refractivity contribution is -0.141. The van der Waals surface area contributed by atoms with Gasteiger partial charge in [0.05, 0.1) is 18.4 Å². The fourth-order valence-corrected chi connectivity index (χ4v) is 5.18. The maximum Gasteiger partial charge on any atom is 0.435 e. The first-order chi connectivity index (χ1) is 20.8. The van der Waals surface area contributed by atoms with E-state index >= 15 is 0 Å². The lowest BCUT2D eigenvalue weighted by atomic mass is 10.1. The summed E-state index contributed by atoms with van der Waals surface area (Å²) < 4.78 is 61.6. The molecule has 0 bridgehead atoms. The van der Waals surface area contributed by atoms with E-state index in [9.17, 15) is 18.0 Å². The monoisotopic (exact) mass is 593 g/mol. The smallest absolute Gasteiger partial charge is 0.435 e. The molecule has 0 saturated heterocycles. The first-order valence-corrected chi connectivity index (χ1v) is 14.3. The number of hydrogen-bond donors (Lipinski definition) is 0. The molecule has 226 valence electrons. The van der Waals surface area contributed by atoms with Gasteiger partial charge < -0.3 is 18.8 Å². The number of aromatic nitrogens is 2. The molecule has 10 heteroatoms. The molecule has 3 aromatic carbocycles. The number of carbonyl (C=O) groups is 1. The van der Waals surface area contributed by atoms with Gasteiger partial charge in [-0.15, -0.1) is 0 Å². The number of imidazole rings is 1. The molecular formula is C33H34F3N3O4. The summed E-state index contributed by atoms with van der Waals surface area (Å²) in [6.45, 7) is 3.97. The third kappa shape index (κ3) is 7.19. The summed E-state index contributed by atoms with van der Waals surface area (Å²) in [6.07, 6.45) is -3.11. The number of methoxy groups -OCH3 is 1. The molecule has 0 radical (unpaired) electrons. The first kappa shape index (κ1) is 30.2. The highest BCUT2D eigenvalue weighted by molar-refractivity contribution is 5.89. The van der Waals surface area contributed by atoms with Crippen molar-refractivity contribution in [2.24, 2.45) is 0 Å². The Morgan fingerprint density at radius 1 is 0.930 bits per heavy atom. The number of alkyl halides is 3. The van der Waals surface area contributed by atoms with Crippen LogP contribution in [0.15, 0.2) is 72.8 Å². The van der Waals surface area contributed by atoms with Crippen LogP contribution >= 0.6 is 0 Å². The minimum absolute atomic E-state index is 0.00835. The van der Waals surface area contributed by atoms with Gasteiger partial charge in [0.1, 0.15) is 19.0 Å². The molecule has 1 aromatic heterocycles. The van der Waals surface area contributed by atoms with Gasteiger partial charge in [-0.1, -0.05) is 61.9 Å². The lowest BCUT2D eigenvalue weighted by Gasteiger charge is -2.26. The zero-order valence-electron chi connectivity index (χ0n) is 24.2. The molecule has 2 heterocycles. The quantitative estimate of drug-likeness (QED) is 0.173. The van der Waals surface area contributed by atoms with Gasteiger partial charge >= 0.3 is 12.1 Å². The molecule has 0 N–H and O–H groups in total. The normalized spacial score (nSPS) is 12.9. The Balaban J connectivity index is 1.55. The second-order valence-electron chi connectivity index (χ2n) is 10.4. The molecular weight excluding hydrogens is 559 g/mol. The van der Waals surface area contributed by atoms with Crippen molar-refractivity contribution < 1.29 is 32.2 Å². The maximum absolute atomic E-state index is 14.6. The van der Waals surface area contributed by atoms with E-state index in [1.165, 1.54) is 7.11 Å². The number of benzene rings is 3. The topological polar surface area (TPSA) is 65.8 Å². The van der Waals surface area contributed by atoms with Crippen LogP contribution < -0.4 is 9.47 Å². The van der Waals surface area contributed by atoms with Crippen molar-refractivity contribution in [2.45, 2.75) is 52.1 Å². The number of carbonyl (C=O) groups excluding carboxylic acids is 1. The average molecular weight is 594 g/mol. The number of unbranched alkanes of at least 4 members (excludes halogenated alkanes) is 1. The Labute approximate surface area is 248 Å². The van der Waals surface area contributed by atoms with E-state index in [4.69, 9.17) is 14.2 Å². The van der Waals surface area contributed by atoms with Crippen molar-refractivity contribution in [3.63, 3.8) is 0 Å². The Kier molecular flexibility index (Phi) is 9.35. The zero-order chi connectivity index (χ0) is 30.4. The molecule has 0 atom stereocenters. The fraction of sp³-hybridized carbons (Fsp3) is 0.333. The van der Waals surface area contributed by atoms with E-state index in [0.29, 0.717) is 67.7 Å². The van der Waals surface area contributed by atoms with Gasteiger partial charge in [0, 0.05) is 31.7 Å². The van der Waals surface area contributed by atoms with Gasteiger partial charge in [-0.05, 0) is 41.8 Å². The van der Waals surface area contributed by atoms with Crippen molar-refractivity contribution in [3.05, 3.63) is 101 Å². The van der Waals surface area contributed by atoms with Crippen molar-refractivity contribution in [1.82, 2.24) is 14.5 Å². The van der Waals surface area contributed by atoms with Gasteiger partial charge in [0.15, 0.2) is 17.2 Å². The summed E-state index contributed by atoms with van der Waals surface area (Å²) in [7, 11) is 1.31. The standard InChI is InChI=1S/C33H34F3N3O4/c1-3-4-16-39-27(30(33(34,35)36)37-31(39)25-8-6-5-7-9-25)22-38(20-23-10-13-26(14-11-23)32(40)41-2)21-24-12-15-28-29(19-24)43-18-17-42-28/h5-15,19H,3-4,16-18,20-22H2,1-2H3. The van der Waals surface area contributed by atoms with E-state index in [0.717, 1.165) is 17.5 Å². The van der Waals surface area contributed by atoms with Crippen LogP contribution in [0.2, 0.25) is 0 Å². The van der Waals surface area contributed by atoms with Crippen LogP contribution in [0.4, 0.5) is 13.2 Å². The number of esters is 1. The van der Waals surface area contributed by atoms with E-state index < -0.39 is 17.8 Å². The van der Waals surface area contributed by atoms with E-state index in [1.54, 1.807) is 53.1 Å². The van der Waals surface area contributed by atoms with Crippen LogP contribution in [0.3, 0.4) is 0 Å². The van der Waals surface area contributed by atoms with Gasteiger partial charge in [0.2, 0.25) is 0 Å². The Hall–Kier alpha value is -4.31. The van der Waals surface area contributed by atoms with Gasteiger partial charge in [-0.2, -0.15) is 13.2 Å². The zero-order valence-corrected chi connectivity index (χ0v) is 24.2. The highest BCUT2D eigenvalue weighted by Gasteiger charge is 2.39. The summed E-state index contributed by atoms with van der Waals surface area (Å²) in [4.78, 5) is 18.1. The average Bonchev–Trinajstić information content (AvgIpc) is 3.38. The molecule has 43 heavy (non-hydrogen) atoms. The van der Waals surface area contributed by atoms with Gasteiger partial charge in [-0.25, -0.2) is 9.78 Å². The molecule has 0 saturated carbocycles. The third-order valence-electron chi connectivity index (χ3n) is 7.28. The summed E-state index contributed by atoms with van der Waals surface area (Å²) in [5.41, 5.74) is 1.97. The van der Waals surface area contributed by atoms with Gasteiger partial charge in [0.25, 0.3) is 0 Å². The van der Waals surface area contributed by atoms with E-state index in [-0.39, 0.29) is 12.2 Å². The van der Waals surface area contributed by atoms with Crippen LogP contribution in [0.1, 0.15) is 52.6 Å².